The Hall–Kier alpha value is -2.96. The summed E-state index contributed by atoms with van der Waals surface area (Å²) in [4.78, 5) is 23.7. The third-order valence-electron chi connectivity index (χ3n) is 3.03. The van der Waals surface area contributed by atoms with E-state index in [0.717, 1.165) is 6.26 Å². The van der Waals surface area contributed by atoms with E-state index in [1.807, 2.05) is 0 Å². The lowest BCUT2D eigenvalue weighted by molar-refractivity contribution is 0.0690. The van der Waals surface area contributed by atoms with Gasteiger partial charge in [0, 0.05) is 6.07 Å². The first-order valence-electron chi connectivity index (χ1n) is 6.19. The quantitative estimate of drug-likeness (QED) is 0.817. The summed E-state index contributed by atoms with van der Waals surface area (Å²) in [5.41, 5.74) is -0.148. The van der Waals surface area contributed by atoms with Gasteiger partial charge in [0.2, 0.25) is 5.78 Å². The maximum absolute atomic E-state index is 12.6. The highest BCUT2D eigenvalue weighted by molar-refractivity contribution is 6.14. The van der Waals surface area contributed by atoms with E-state index >= 15 is 0 Å². The lowest BCUT2D eigenvalue weighted by Gasteiger charge is -2.13. The first kappa shape index (κ1) is 15.4. The predicted octanol–water partition coefficient (Wildman–Crippen LogP) is 2.23. The van der Waals surface area contributed by atoms with Crippen molar-refractivity contribution in [1.82, 2.24) is 0 Å². The fourth-order valence-electron chi connectivity index (χ4n) is 2.00. The third-order valence-corrected chi connectivity index (χ3v) is 3.03. The molecule has 7 nitrogen and oxygen atoms in total. The Labute approximate surface area is 126 Å². The number of carbonyl (C=O) groups excluding carboxylic acids is 1. The van der Waals surface area contributed by atoms with E-state index in [0.29, 0.717) is 5.75 Å². The van der Waals surface area contributed by atoms with Gasteiger partial charge in [-0.15, -0.1) is 0 Å². The number of methoxy groups -OCH3 is 3. The molecule has 2 aromatic rings. The van der Waals surface area contributed by atoms with Crippen LogP contribution < -0.4 is 14.2 Å². The molecule has 7 heteroatoms. The molecule has 0 saturated heterocycles. The van der Waals surface area contributed by atoms with Crippen LogP contribution in [0.25, 0.3) is 0 Å². The molecule has 1 aromatic heterocycles. The first-order chi connectivity index (χ1) is 10.5. The smallest absolute Gasteiger partial charge is 0.339 e. The second-order valence-electron chi connectivity index (χ2n) is 4.21. The van der Waals surface area contributed by atoms with Crippen molar-refractivity contribution >= 4 is 11.8 Å². The van der Waals surface area contributed by atoms with Crippen LogP contribution in [-0.4, -0.2) is 38.2 Å². The average molecular weight is 306 g/mol. The van der Waals surface area contributed by atoms with Gasteiger partial charge in [-0.1, -0.05) is 0 Å². The number of rotatable bonds is 6. The van der Waals surface area contributed by atoms with Gasteiger partial charge in [-0.3, -0.25) is 4.79 Å². The van der Waals surface area contributed by atoms with Crippen molar-refractivity contribution in [2.45, 2.75) is 0 Å². The van der Waals surface area contributed by atoms with Crippen molar-refractivity contribution in [3.63, 3.8) is 0 Å². The molecule has 0 unspecified atom stereocenters. The summed E-state index contributed by atoms with van der Waals surface area (Å²) in [5, 5.41) is 9.09. The Morgan fingerprint density at radius 2 is 1.77 bits per heavy atom. The molecule has 1 aromatic carbocycles. The van der Waals surface area contributed by atoms with Crippen molar-refractivity contribution in [1.29, 1.82) is 0 Å². The molecule has 0 bridgehead atoms. The van der Waals surface area contributed by atoms with Crippen molar-refractivity contribution < 1.29 is 33.3 Å². The molecule has 0 saturated carbocycles. The van der Waals surface area contributed by atoms with Crippen LogP contribution in [0.2, 0.25) is 0 Å². The second-order valence-corrected chi connectivity index (χ2v) is 4.21. The standard InChI is InChI=1S/C15H14O7/c1-19-8-6-10(13(21-3)11(7-8)20-2)12(16)14-9(15(17)18)4-5-22-14/h4-7H,1-3H3,(H,17,18). The molecule has 0 spiro atoms. The average Bonchev–Trinajstić information content (AvgIpc) is 3.02. The molecule has 1 heterocycles. The van der Waals surface area contributed by atoms with Gasteiger partial charge in [0.05, 0.1) is 33.2 Å². The number of hydrogen-bond donors (Lipinski definition) is 1. The van der Waals surface area contributed by atoms with Gasteiger partial charge < -0.3 is 23.7 Å². The second kappa shape index (κ2) is 6.21. The monoisotopic (exact) mass is 306 g/mol. The zero-order valence-electron chi connectivity index (χ0n) is 12.2. The number of carbonyl (C=O) groups is 2. The van der Waals surface area contributed by atoms with Crippen molar-refractivity contribution in [2.75, 3.05) is 21.3 Å². The number of aromatic carboxylic acids is 1. The fraction of sp³-hybridized carbons (Fsp3) is 0.200. The molecular weight excluding hydrogens is 292 g/mol. The Kier molecular flexibility index (Phi) is 4.36. The molecule has 0 aliphatic rings. The minimum atomic E-state index is -1.26. The third kappa shape index (κ3) is 2.60. The minimum absolute atomic E-state index is 0.0798. The number of ether oxygens (including phenoxy) is 3. The zero-order chi connectivity index (χ0) is 16.3. The highest BCUT2D eigenvalue weighted by Crippen LogP contribution is 2.37. The lowest BCUT2D eigenvalue weighted by Crippen LogP contribution is -2.09. The van der Waals surface area contributed by atoms with E-state index in [1.165, 1.54) is 33.5 Å². The molecule has 0 amide bonds. The van der Waals surface area contributed by atoms with Gasteiger partial charge >= 0.3 is 5.97 Å². The molecule has 0 fully saturated rings. The highest BCUT2D eigenvalue weighted by Gasteiger charge is 2.26. The Balaban J connectivity index is 2.62. The maximum atomic E-state index is 12.6. The summed E-state index contributed by atoms with van der Waals surface area (Å²) in [7, 11) is 4.23. The summed E-state index contributed by atoms with van der Waals surface area (Å²) in [5.74, 6) is -1.37. The number of hydrogen-bond acceptors (Lipinski definition) is 6. The summed E-state index contributed by atoms with van der Waals surface area (Å²) >= 11 is 0. The van der Waals surface area contributed by atoms with Crippen LogP contribution in [0.15, 0.2) is 28.9 Å². The van der Waals surface area contributed by atoms with Crippen LogP contribution in [-0.2, 0) is 0 Å². The van der Waals surface area contributed by atoms with E-state index in [9.17, 15) is 9.59 Å². The van der Waals surface area contributed by atoms with Crippen molar-refractivity contribution in [3.8, 4) is 17.2 Å². The SMILES string of the molecule is COc1cc(OC)c(OC)c(C(=O)c2occc2C(=O)O)c1. The van der Waals surface area contributed by atoms with Crippen LogP contribution in [0.4, 0.5) is 0 Å². The van der Waals surface area contributed by atoms with Crippen molar-refractivity contribution in [2.24, 2.45) is 0 Å². The molecule has 2 rings (SSSR count). The Morgan fingerprint density at radius 3 is 2.32 bits per heavy atom. The van der Waals surface area contributed by atoms with Crippen LogP contribution in [0.3, 0.4) is 0 Å². The zero-order valence-corrected chi connectivity index (χ0v) is 12.2. The number of ketones is 1. The van der Waals surface area contributed by atoms with Crippen molar-refractivity contribution in [3.05, 3.63) is 41.3 Å². The number of carboxylic acids is 1. The van der Waals surface area contributed by atoms with Gasteiger partial charge in [-0.25, -0.2) is 4.79 Å². The van der Waals surface area contributed by atoms with Crippen LogP contribution in [0.1, 0.15) is 26.5 Å². The highest BCUT2D eigenvalue weighted by atomic mass is 16.5. The minimum Gasteiger partial charge on any atom is -0.497 e. The normalized spacial score (nSPS) is 10.1. The molecule has 116 valence electrons. The Bertz CT molecular complexity index is 715. The first-order valence-corrected chi connectivity index (χ1v) is 6.19. The Morgan fingerprint density at radius 1 is 1.05 bits per heavy atom. The summed E-state index contributed by atoms with van der Waals surface area (Å²) in [6, 6.07) is 4.19. The van der Waals surface area contributed by atoms with E-state index in [-0.39, 0.29) is 28.4 Å². The van der Waals surface area contributed by atoms with Crippen LogP contribution in [0.5, 0.6) is 17.2 Å². The molecule has 0 aliphatic carbocycles. The molecule has 1 N–H and O–H groups in total. The van der Waals surface area contributed by atoms with Gasteiger partial charge in [-0.2, -0.15) is 0 Å². The van der Waals surface area contributed by atoms with Gasteiger partial charge in [0.25, 0.3) is 0 Å². The molecule has 0 atom stereocenters. The van der Waals surface area contributed by atoms with E-state index in [4.69, 9.17) is 23.7 Å². The number of carboxylic acid groups (broad SMARTS) is 1. The maximum Gasteiger partial charge on any atom is 0.339 e. The van der Waals surface area contributed by atoms with E-state index in [1.54, 1.807) is 6.07 Å². The van der Waals surface area contributed by atoms with Gasteiger partial charge in [-0.05, 0) is 12.1 Å². The molecular formula is C15H14O7. The lowest BCUT2D eigenvalue weighted by atomic mass is 10.0. The molecule has 0 aliphatic heterocycles. The largest absolute Gasteiger partial charge is 0.497 e. The van der Waals surface area contributed by atoms with Gasteiger partial charge in [0.15, 0.2) is 17.3 Å². The van der Waals surface area contributed by atoms with E-state index in [2.05, 4.69) is 0 Å². The van der Waals surface area contributed by atoms with Crippen LogP contribution in [0, 0.1) is 0 Å². The molecule has 0 radical (unpaired) electrons. The summed E-state index contributed by atoms with van der Waals surface area (Å²) < 4.78 is 20.5. The summed E-state index contributed by atoms with van der Waals surface area (Å²) in [6.45, 7) is 0. The molecule has 22 heavy (non-hydrogen) atoms. The summed E-state index contributed by atoms with van der Waals surface area (Å²) in [6.07, 6.45) is 1.14. The number of furan rings is 1. The topological polar surface area (TPSA) is 95.2 Å². The van der Waals surface area contributed by atoms with Gasteiger partial charge in [0.1, 0.15) is 11.3 Å². The van der Waals surface area contributed by atoms with Crippen LogP contribution >= 0.6 is 0 Å². The fourth-order valence-corrected chi connectivity index (χ4v) is 2.00. The number of benzene rings is 1. The van der Waals surface area contributed by atoms with E-state index < -0.39 is 11.8 Å². The predicted molar refractivity (Wildman–Crippen MR) is 75.2 cm³/mol.